The average Bonchev–Trinajstić information content (AvgIpc) is 2.98. The van der Waals surface area contributed by atoms with Crippen molar-refractivity contribution < 1.29 is 0 Å². The van der Waals surface area contributed by atoms with Gasteiger partial charge in [-0.3, -0.25) is 9.80 Å². The third-order valence-electron chi connectivity index (χ3n) is 4.95. The van der Waals surface area contributed by atoms with Gasteiger partial charge in [-0.05, 0) is 45.0 Å². The highest BCUT2D eigenvalue weighted by molar-refractivity contribution is 5.14. The molecule has 2 aliphatic heterocycles. The van der Waals surface area contributed by atoms with Crippen LogP contribution in [0.4, 0.5) is 0 Å². The third kappa shape index (κ3) is 3.40. The van der Waals surface area contributed by atoms with Gasteiger partial charge in [0.15, 0.2) is 0 Å². The maximum absolute atomic E-state index is 3.42. The lowest BCUT2D eigenvalue weighted by Crippen LogP contribution is -2.44. The first-order valence-electron chi connectivity index (χ1n) is 8.03. The van der Waals surface area contributed by atoms with Gasteiger partial charge in [-0.2, -0.15) is 0 Å². The van der Waals surface area contributed by atoms with Crippen molar-refractivity contribution in [2.45, 2.75) is 37.9 Å². The topological polar surface area (TPSA) is 18.5 Å². The number of hydrogen-bond donors (Lipinski definition) is 1. The fraction of sp³-hybridized carbons (Fsp3) is 0.647. The molecule has 0 aliphatic carbocycles. The molecule has 0 amide bonds. The van der Waals surface area contributed by atoms with Crippen LogP contribution in [-0.4, -0.2) is 55.1 Å². The van der Waals surface area contributed by atoms with Crippen molar-refractivity contribution in [3.05, 3.63) is 35.9 Å². The number of piperidine rings is 1. The summed E-state index contributed by atoms with van der Waals surface area (Å²) in [7, 11) is 2.09. The first kappa shape index (κ1) is 14.1. The summed E-state index contributed by atoms with van der Waals surface area (Å²) in [5.74, 6) is 0. The van der Waals surface area contributed by atoms with Crippen molar-refractivity contribution >= 4 is 0 Å². The predicted molar refractivity (Wildman–Crippen MR) is 83.8 cm³/mol. The Hall–Kier alpha value is -0.900. The molecule has 3 rings (SSSR count). The van der Waals surface area contributed by atoms with Gasteiger partial charge in [-0.1, -0.05) is 30.3 Å². The summed E-state index contributed by atoms with van der Waals surface area (Å²) in [6.45, 7) is 6.15. The van der Waals surface area contributed by atoms with Crippen molar-refractivity contribution in [2.75, 3.05) is 33.2 Å². The van der Waals surface area contributed by atoms with Crippen LogP contribution >= 0.6 is 0 Å². The van der Waals surface area contributed by atoms with E-state index in [1.165, 1.54) is 51.0 Å². The first-order chi connectivity index (χ1) is 9.85. The molecule has 0 bridgehead atoms. The quantitative estimate of drug-likeness (QED) is 0.904. The van der Waals surface area contributed by atoms with Crippen LogP contribution in [0.15, 0.2) is 30.3 Å². The minimum absolute atomic E-state index is 0.720. The first-order valence-corrected chi connectivity index (χ1v) is 8.03. The predicted octanol–water partition coefficient (Wildman–Crippen LogP) is 1.94. The Bertz CT molecular complexity index is 398. The lowest BCUT2D eigenvalue weighted by Gasteiger charge is -2.36. The van der Waals surface area contributed by atoms with Crippen LogP contribution in [0.1, 0.15) is 24.8 Å². The molecule has 3 heteroatoms. The smallest absolute Gasteiger partial charge is 0.0233 e. The third-order valence-corrected chi connectivity index (χ3v) is 4.95. The summed E-state index contributed by atoms with van der Waals surface area (Å²) in [4.78, 5) is 5.32. The zero-order chi connectivity index (χ0) is 13.8. The van der Waals surface area contributed by atoms with E-state index in [-0.39, 0.29) is 0 Å². The molecular weight excluding hydrogens is 246 g/mol. The van der Waals surface area contributed by atoms with Gasteiger partial charge in [-0.15, -0.1) is 0 Å². The molecule has 2 saturated heterocycles. The lowest BCUT2D eigenvalue weighted by molar-refractivity contribution is 0.121. The number of likely N-dealkylation sites (tertiary alicyclic amines) is 2. The monoisotopic (exact) mass is 273 g/mol. The van der Waals surface area contributed by atoms with E-state index in [9.17, 15) is 0 Å². The number of rotatable bonds is 4. The van der Waals surface area contributed by atoms with Crippen LogP contribution in [0, 0.1) is 0 Å². The molecule has 3 nitrogen and oxygen atoms in total. The highest BCUT2D eigenvalue weighted by Crippen LogP contribution is 2.22. The maximum atomic E-state index is 3.42. The molecule has 0 radical (unpaired) electrons. The summed E-state index contributed by atoms with van der Waals surface area (Å²) >= 11 is 0. The van der Waals surface area contributed by atoms with Crippen LogP contribution in [0.2, 0.25) is 0 Å². The summed E-state index contributed by atoms with van der Waals surface area (Å²) in [6.07, 6.45) is 3.99. The Morgan fingerprint density at radius 1 is 1.05 bits per heavy atom. The zero-order valence-electron chi connectivity index (χ0n) is 12.6. The molecule has 1 aromatic rings. The van der Waals surface area contributed by atoms with Gasteiger partial charge in [0, 0.05) is 31.7 Å². The van der Waals surface area contributed by atoms with Gasteiger partial charge in [0.1, 0.15) is 0 Å². The molecule has 2 heterocycles. The molecule has 2 aliphatic rings. The number of nitrogens with one attached hydrogen (secondary N) is 1. The second-order valence-electron chi connectivity index (χ2n) is 6.26. The number of likely N-dealkylation sites (N-methyl/N-ethyl adjacent to an activating group) is 1. The van der Waals surface area contributed by atoms with Gasteiger partial charge < -0.3 is 5.32 Å². The molecule has 0 aromatic heterocycles. The Kier molecular flexibility index (Phi) is 4.71. The van der Waals surface area contributed by atoms with E-state index >= 15 is 0 Å². The van der Waals surface area contributed by atoms with Crippen LogP contribution < -0.4 is 5.32 Å². The van der Waals surface area contributed by atoms with E-state index in [0.29, 0.717) is 0 Å². The number of nitrogens with zero attached hydrogens (tertiary/aromatic N) is 2. The summed E-state index contributed by atoms with van der Waals surface area (Å²) in [5.41, 5.74) is 1.45. The molecule has 1 aromatic carbocycles. The van der Waals surface area contributed by atoms with Gasteiger partial charge in [0.2, 0.25) is 0 Å². The zero-order valence-corrected chi connectivity index (χ0v) is 12.6. The molecule has 1 N–H and O–H groups in total. The van der Waals surface area contributed by atoms with Crippen LogP contribution in [0.3, 0.4) is 0 Å². The number of hydrogen-bond acceptors (Lipinski definition) is 3. The second-order valence-corrected chi connectivity index (χ2v) is 6.26. The molecule has 1 atom stereocenters. The SMILES string of the molecule is CNC1CCN(C2CCN(Cc3ccccc3)CC2)C1. The van der Waals surface area contributed by atoms with E-state index in [0.717, 1.165) is 18.6 Å². The van der Waals surface area contributed by atoms with E-state index < -0.39 is 0 Å². The van der Waals surface area contributed by atoms with Crippen molar-refractivity contribution in [1.82, 2.24) is 15.1 Å². The second kappa shape index (κ2) is 6.70. The minimum Gasteiger partial charge on any atom is -0.316 e. The Labute approximate surface area is 123 Å². The normalized spacial score (nSPS) is 26.1. The standard InChI is InChI=1S/C17H27N3/c1-18-16-7-12-20(14-16)17-8-10-19(11-9-17)13-15-5-3-2-4-6-15/h2-6,16-18H,7-14H2,1H3. The summed E-state index contributed by atoms with van der Waals surface area (Å²) in [6, 6.07) is 12.4. The Morgan fingerprint density at radius 2 is 1.80 bits per heavy atom. The van der Waals surface area contributed by atoms with Gasteiger partial charge in [0.25, 0.3) is 0 Å². The van der Waals surface area contributed by atoms with Crippen molar-refractivity contribution in [2.24, 2.45) is 0 Å². The van der Waals surface area contributed by atoms with Gasteiger partial charge in [0.05, 0.1) is 0 Å². The molecule has 2 fully saturated rings. The fourth-order valence-electron chi connectivity index (χ4n) is 3.64. The highest BCUT2D eigenvalue weighted by atomic mass is 15.2. The van der Waals surface area contributed by atoms with Crippen LogP contribution in [-0.2, 0) is 6.54 Å². The Balaban J connectivity index is 1.45. The van der Waals surface area contributed by atoms with Crippen molar-refractivity contribution in [1.29, 1.82) is 0 Å². The minimum atomic E-state index is 0.720. The van der Waals surface area contributed by atoms with E-state index in [1.807, 2.05) is 0 Å². The molecule has 0 saturated carbocycles. The van der Waals surface area contributed by atoms with E-state index in [2.05, 4.69) is 52.5 Å². The summed E-state index contributed by atoms with van der Waals surface area (Å²) < 4.78 is 0. The highest BCUT2D eigenvalue weighted by Gasteiger charge is 2.29. The molecule has 110 valence electrons. The molecule has 0 spiro atoms. The number of benzene rings is 1. The molecular formula is C17H27N3. The fourth-order valence-corrected chi connectivity index (χ4v) is 3.64. The maximum Gasteiger partial charge on any atom is 0.0233 e. The molecule has 1 unspecified atom stereocenters. The lowest BCUT2D eigenvalue weighted by atomic mass is 10.0. The van der Waals surface area contributed by atoms with E-state index in [1.54, 1.807) is 0 Å². The van der Waals surface area contributed by atoms with Gasteiger partial charge >= 0.3 is 0 Å². The van der Waals surface area contributed by atoms with Gasteiger partial charge in [-0.25, -0.2) is 0 Å². The van der Waals surface area contributed by atoms with Crippen LogP contribution in [0.5, 0.6) is 0 Å². The summed E-state index contributed by atoms with van der Waals surface area (Å²) in [5, 5.41) is 3.42. The average molecular weight is 273 g/mol. The molecule has 20 heavy (non-hydrogen) atoms. The largest absolute Gasteiger partial charge is 0.316 e. The van der Waals surface area contributed by atoms with Crippen molar-refractivity contribution in [3.63, 3.8) is 0 Å². The van der Waals surface area contributed by atoms with Crippen molar-refractivity contribution in [3.8, 4) is 0 Å². The van der Waals surface area contributed by atoms with Crippen LogP contribution in [0.25, 0.3) is 0 Å². The van der Waals surface area contributed by atoms with E-state index in [4.69, 9.17) is 0 Å². The Morgan fingerprint density at radius 3 is 2.45 bits per heavy atom.